The highest BCUT2D eigenvalue weighted by Gasteiger charge is 2.34. The number of carbonyl (C=O) groups excluding carboxylic acids is 2. The number of rotatable bonds is 3. The van der Waals surface area contributed by atoms with E-state index in [-0.39, 0.29) is 23.7 Å². The van der Waals surface area contributed by atoms with Crippen molar-refractivity contribution in [3.63, 3.8) is 0 Å². The second-order valence-corrected chi connectivity index (χ2v) is 5.23. The lowest BCUT2D eigenvalue weighted by atomic mass is 9.93. The minimum atomic E-state index is -0.454. The molecule has 1 rings (SSSR count). The third-order valence-electron chi connectivity index (χ3n) is 3.04. The van der Waals surface area contributed by atoms with Crippen molar-refractivity contribution in [2.24, 2.45) is 5.41 Å². The normalized spacial score (nSPS) is 24.4. The van der Waals surface area contributed by atoms with E-state index in [1.165, 1.54) is 7.11 Å². The molecule has 5 nitrogen and oxygen atoms in total. The quantitative estimate of drug-likeness (QED) is 0.728. The number of hydrogen-bond acceptors (Lipinski definition) is 4. The van der Waals surface area contributed by atoms with E-state index in [9.17, 15) is 9.59 Å². The van der Waals surface area contributed by atoms with Gasteiger partial charge in [-0.1, -0.05) is 13.8 Å². The van der Waals surface area contributed by atoms with Crippen molar-refractivity contribution >= 4 is 11.9 Å². The summed E-state index contributed by atoms with van der Waals surface area (Å²) in [7, 11) is 1.34. The average Bonchev–Trinajstić information content (AvgIpc) is 2.39. The van der Waals surface area contributed by atoms with Gasteiger partial charge in [0.1, 0.15) is 0 Å². The summed E-state index contributed by atoms with van der Waals surface area (Å²) in [4.78, 5) is 25.2. The number of amides is 1. The third-order valence-corrected chi connectivity index (χ3v) is 3.04. The van der Waals surface area contributed by atoms with Crippen molar-refractivity contribution in [3.05, 3.63) is 0 Å². The van der Waals surface area contributed by atoms with Crippen LogP contribution < -0.4 is 5.32 Å². The zero-order chi connectivity index (χ0) is 13.1. The lowest BCUT2D eigenvalue weighted by Gasteiger charge is -2.28. The fourth-order valence-corrected chi connectivity index (χ4v) is 2.03. The van der Waals surface area contributed by atoms with Crippen molar-refractivity contribution < 1.29 is 14.3 Å². The highest BCUT2D eigenvalue weighted by molar-refractivity contribution is 5.87. The highest BCUT2D eigenvalue weighted by atomic mass is 16.5. The Hall–Kier alpha value is -1.10. The molecule has 0 aromatic heterocycles. The van der Waals surface area contributed by atoms with E-state index in [0.29, 0.717) is 13.1 Å². The molecule has 17 heavy (non-hydrogen) atoms. The van der Waals surface area contributed by atoms with Crippen molar-refractivity contribution in [2.75, 3.05) is 26.7 Å². The molecule has 0 bridgehead atoms. The monoisotopic (exact) mass is 242 g/mol. The Bertz CT molecular complexity index is 302. The molecule has 0 spiro atoms. The van der Waals surface area contributed by atoms with Crippen molar-refractivity contribution in [1.82, 2.24) is 10.2 Å². The maximum absolute atomic E-state index is 12.2. The molecule has 0 radical (unpaired) electrons. The molecule has 0 aromatic rings. The molecular weight excluding hydrogens is 220 g/mol. The number of carbonyl (C=O) groups is 2. The van der Waals surface area contributed by atoms with Crippen LogP contribution in [0.3, 0.4) is 0 Å². The number of ether oxygens (including phenoxy) is 1. The molecule has 1 heterocycles. The predicted octanol–water partition coefficient (Wildman–Crippen LogP) is 0.396. The zero-order valence-electron chi connectivity index (χ0n) is 11.1. The van der Waals surface area contributed by atoms with Crippen LogP contribution in [-0.4, -0.2) is 49.6 Å². The van der Waals surface area contributed by atoms with Crippen LogP contribution in [0, 0.1) is 5.41 Å². The molecule has 1 amide bonds. The Morgan fingerprint density at radius 2 is 2.24 bits per heavy atom. The average molecular weight is 242 g/mol. The van der Waals surface area contributed by atoms with Crippen LogP contribution in [0.5, 0.6) is 0 Å². The fourth-order valence-electron chi connectivity index (χ4n) is 2.03. The van der Waals surface area contributed by atoms with E-state index in [0.717, 1.165) is 6.54 Å². The minimum Gasteiger partial charge on any atom is -0.469 e. The Kier molecular flexibility index (Phi) is 4.51. The van der Waals surface area contributed by atoms with Crippen LogP contribution in [-0.2, 0) is 14.3 Å². The Morgan fingerprint density at radius 1 is 1.59 bits per heavy atom. The van der Waals surface area contributed by atoms with E-state index < -0.39 is 6.04 Å². The van der Waals surface area contributed by atoms with Gasteiger partial charge in [0.2, 0.25) is 5.91 Å². The van der Waals surface area contributed by atoms with Gasteiger partial charge in [0, 0.05) is 19.6 Å². The first-order chi connectivity index (χ1) is 7.89. The first-order valence-corrected chi connectivity index (χ1v) is 5.98. The summed E-state index contributed by atoms with van der Waals surface area (Å²) in [6.07, 6.45) is 0.0991. The van der Waals surface area contributed by atoms with E-state index in [4.69, 9.17) is 0 Å². The Labute approximate surface area is 102 Å². The van der Waals surface area contributed by atoms with Crippen LogP contribution >= 0.6 is 0 Å². The molecule has 5 heteroatoms. The zero-order valence-corrected chi connectivity index (χ0v) is 11.1. The van der Waals surface area contributed by atoms with Gasteiger partial charge in [0.05, 0.1) is 19.6 Å². The summed E-state index contributed by atoms with van der Waals surface area (Å²) >= 11 is 0. The molecule has 1 aliphatic heterocycles. The molecule has 0 aliphatic carbocycles. The summed E-state index contributed by atoms with van der Waals surface area (Å²) in [5.41, 5.74) is 0.0243. The number of nitrogens with one attached hydrogen (secondary N) is 1. The van der Waals surface area contributed by atoms with Gasteiger partial charge in [-0.25, -0.2) is 0 Å². The van der Waals surface area contributed by atoms with Gasteiger partial charge < -0.3 is 15.0 Å². The molecule has 1 unspecified atom stereocenters. The second kappa shape index (κ2) is 5.49. The topological polar surface area (TPSA) is 58.6 Å². The van der Waals surface area contributed by atoms with E-state index in [1.54, 1.807) is 4.90 Å². The van der Waals surface area contributed by atoms with Crippen molar-refractivity contribution in [3.8, 4) is 0 Å². The molecule has 1 saturated heterocycles. The van der Waals surface area contributed by atoms with E-state index in [2.05, 4.69) is 23.9 Å². The van der Waals surface area contributed by atoms with Gasteiger partial charge in [0.25, 0.3) is 0 Å². The molecule has 1 aliphatic rings. The SMILES string of the molecule is CCN1CC(C)(C)CNC(CC(=O)OC)C1=O. The van der Waals surface area contributed by atoms with Crippen LogP contribution in [0.2, 0.25) is 0 Å². The number of methoxy groups -OCH3 is 1. The van der Waals surface area contributed by atoms with Gasteiger partial charge in [-0.05, 0) is 12.3 Å². The summed E-state index contributed by atoms with van der Waals surface area (Å²) in [5.74, 6) is -0.366. The maximum atomic E-state index is 12.2. The molecule has 1 atom stereocenters. The third kappa shape index (κ3) is 3.70. The van der Waals surface area contributed by atoms with Gasteiger partial charge in [-0.15, -0.1) is 0 Å². The minimum absolute atomic E-state index is 0.0107. The molecule has 1 N–H and O–H groups in total. The number of likely N-dealkylation sites (N-methyl/N-ethyl adjacent to an activating group) is 1. The van der Waals surface area contributed by atoms with E-state index in [1.807, 2.05) is 6.92 Å². The summed E-state index contributed by atoms with van der Waals surface area (Å²) in [5, 5.41) is 3.16. The molecule has 0 saturated carbocycles. The molecule has 1 fully saturated rings. The summed E-state index contributed by atoms with van der Waals surface area (Å²) in [6.45, 7) is 8.27. The first kappa shape index (κ1) is 14.0. The number of hydrogen-bond donors (Lipinski definition) is 1. The van der Waals surface area contributed by atoms with Crippen LogP contribution in [0.25, 0.3) is 0 Å². The molecular formula is C12H22N2O3. The Balaban J connectivity index is 2.78. The lowest BCUT2D eigenvalue weighted by molar-refractivity contribution is -0.144. The van der Waals surface area contributed by atoms with E-state index >= 15 is 0 Å². The lowest BCUT2D eigenvalue weighted by Crippen LogP contribution is -2.44. The molecule has 0 aromatic carbocycles. The summed E-state index contributed by atoms with van der Waals surface area (Å²) in [6, 6.07) is -0.454. The number of nitrogens with zero attached hydrogens (tertiary/aromatic N) is 1. The maximum Gasteiger partial charge on any atom is 0.307 e. The standard InChI is InChI=1S/C12H22N2O3/c1-5-14-8-12(2,3)7-13-9(11(14)16)6-10(15)17-4/h9,13H,5-8H2,1-4H3. The van der Waals surface area contributed by atoms with Gasteiger partial charge in [0.15, 0.2) is 0 Å². The first-order valence-electron chi connectivity index (χ1n) is 5.98. The largest absolute Gasteiger partial charge is 0.469 e. The molecule has 98 valence electrons. The van der Waals surface area contributed by atoms with Crippen LogP contribution in [0.15, 0.2) is 0 Å². The Morgan fingerprint density at radius 3 is 2.76 bits per heavy atom. The summed E-state index contributed by atoms with van der Waals surface area (Å²) < 4.78 is 4.61. The van der Waals surface area contributed by atoms with Crippen molar-refractivity contribution in [1.29, 1.82) is 0 Å². The second-order valence-electron chi connectivity index (χ2n) is 5.23. The van der Waals surface area contributed by atoms with Gasteiger partial charge >= 0.3 is 5.97 Å². The number of esters is 1. The van der Waals surface area contributed by atoms with Crippen LogP contribution in [0.1, 0.15) is 27.2 Å². The highest BCUT2D eigenvalue weighted by Crippen LogP contribution is 2.20. The smallest absolute Gasteiger partial charge is 0.307 e. The van der Waals surface area contributed by atoms with Gasteiger partial charge in [-0.3, -0.25) is 9.59 Å². The fraction of sp³-hybridized carbons (Fsp3) is 0.833. The predicted molar refractivity (Wildman–Crippen MR) is 64.5 cm³/mol. The van der Waals surface area contributed by atoms with Crippen LogP contribution in [0.4, 0.5) is 0 Å². The van der Waals surface area contributed by atoms with Gasteiger partial charge in [-0.2, -0.15) is 0 Å². The van der Waals surface area contributed by atoms with Crippen molar-refractivity contribution in [2.45, 2.75) is 33.2 Å².